The van der Waals surface area contributed by atoms with Crippen LogP contribution in [-0.4, -0.2) is 20.6 Å². The normalized spacial score (nSPS) is 11.3. The standard InChI is InChI=1S/C14H15NO4S/c1-19-13-6-5-12(8-14(13)20(15,17)18)11-4-2-3-10(7-11)9-16/h2-8,16H,9H2,1H3,(H2,15,17,18). The van der Waals surface area contributed by atoms with Gasteiger partial charge in [0, 0.05) is 0 Å². The number of rotatable bonds is 4. The van der Waals surface area contributed by atoms with Crippen LogP contribution in [0.3, 0.4) is 0 Å². The van der Waals surface area contributed by atoms with E-state index in [2.05, 4.69) is 0 Å². The molecule has 2 aromatic rings. The van der Waals surface area contributed by atoms with E-state index in [0.29, 0.717) is 5.56 Å². The number of hydrogen-bond donors (Lipinski definition) is 2. The summed E-state index contributed by atoms with van der Waals surface area (Å²) in [5.41, 5.74) is 2.23. The van der Waals surface area contributed by atoms with E-state index in [0.717, 1.165) is 11.1 Å². The second-order valence-electron chi connectivity index (χ2n) is 4.27. The first-order valence-corrected chi connectivity index (χ1v) is 7.41. The number of sulfonamides is 1. The molecule has 0 amide bonds. The molecule has 0 atom stereocenters. The molecule has 2 rings (SSSR count). The average molecular weight is 293 g/mol. The lowest BCUT2D eigenvalue weighted by Crippen LogP contribution is -2.13. The number of ether oxygens (including phenoxy) is 1. The molecule has 0 spiro atoms. The third-order valence-corrected chi connectivity index (χ3v) is 3.85. The van der Waals surface area contributed by atoms with Crippen molar-refractivity contribution in [3.8, 4) is 16.9 Å². The minimum absolute atomic E-state index is 0.0631. The molecule has 0 saturated carbocycles. The lowest BCUT2D eigenvalue weighted by atomic mass is 10.0. The van der Waals surface area contributed by atoms with E-state index < -0.39 is 10.0 Å². The minimum Gasteiger partial charge on any atom is -0.495 e. The second-order valence-corrected chi connectivity index (χ2v) is 5.80. The van der Waals surface area contributed by atoms with Crippen molar-refractivity contribution in [1.29, 1.82) is 0 Å². The van der Waals surface area contributed by atoms with Gasteiger partial charge in [0.1, 0.15) is 10.6 Å². The quantitative estimate of drug-likeness (QED) is 0.894. The van der Waals surface area contributed by atoms with E-state index in [1.165, 1.54) is 13.2 Å². The topological polar surface area (TPSA) is 89.6 Å². The van der Waals surface area contributed by atoms with E-state index in [9.17, 15) is 8.42 Å². The van der Waals surface area contributed by atoms with Gasteiger partial charge in [0.05, 0.1) is 13.7 Å². The maximum Gasteiger partial charge on any atom is 0.241 e. The van der Waals surface area contributed by atoms with Crippen molar-refractivity contribution >= 4 is 10.0 Å². The second kappa shape index (κ2) is 5.62. The lowest BCUT2D eigenvalue weighted by molar-refractivity contribution is 0.282. The van der Waals surface area contributed by atoms with Gasteiger partial charge >= 0.3 is 0 Å². The molecule has 0 aliphatic carbocycles. The number of benzene rings is 2. The van der Waals surface area contributed by atoms with E-state index in [4.69, 9.17) is 15.0 Å². The van der Waals surface area contributed by atoms with Gasteiger partial charge in [0.15, 0.2) is 0 Å². The van der Waals surface area contributed by atoms with E-state index in [1.54, 1.807) is 30.3 Å². The number of nitrogens with two attached hydrogens (primary N) is 1. The van der Waals surface area contributed by atoms with Crippen molar-refractivity contribution in [2.24, 2.45) is 5.14 Å². The van der Waals surface area contributed by atoms with Crippen molar-refractivity contribution in [3.63, 3.8) is 0 Å². The Kier molecular flexibility index (Phi) is 4.08. The number of hydrogen-bond acceptors (Lipinski definition) is 4. The van der Waals surface area contributed by atoms with Crippen molar-refractivity contribution in [2.45, 2.75) is 11.5 Å². The number of aliphatic hydroxyl groups excluding tert-OH is 1. The van der Waals surface area contributed by atoms with Gasteiger partial charge in [-0.15, -0.1) is 0 Å². The van der Waals surface area contributed by atoms with Gasteiger partial charge in [-0.3, -0.25) is 0 Å². The molecular weight excluding hydrogens is 278 g/mol. The Hall–Kier alpha value is -1.89. The van der Waals surface area contributed by atoms with Crippen LogP contribution in [0.1, 0.15) is 5.56 Å². The van der Waals surface area contributed by atoms with E-state index in [-0.39, 0.29) is 17.3 Å². The number of aliphatic hydroxyl groups is 1. The van der Waals surface area contributed by atoms with Gasteiger partial charge in [-0.2, -0.15) is 0 Å². The maximum absolute atomic E-state index is 11.6. The highest BCUT2D eigenvalue weighted by Gasteiger charge is 2.16. The van der Waals surface area contributed by atoms with Crippen molar-refractivity contribution in [1.82, 2.24) is 0 Å². The predicted molar refractivity (Wildman–Crippen MR) is 75.7 cm³/mol. The molecule has 0 radical (unpaired) electrons. The fourth-order valence-electron chi connectivity index (χ4n) is 1.93. The molecule has 0 unspecified atom stereocenters. The maximum atomic E-state index is 11.6. The molecule has 0 aliphatic heterocycles. The zero-order valence-corrected chi connectivity index (χ0v) is 11.7. The predicted octanol–water partition coefficient (Wildman–Crippen LogP) is 1.50. The molecule has 0 aliphatic rings. The molecular formula is C14H15NO4S. The minimum atomic E-state index is -3.87. The summed E-state index contributed by atoms with van der Waals surface area (Å²) >= 11 is 0. The summed E-state index contributed by atoms with van der Waals surface area (Å²) < 4.78 is 28.2. The molecule has 106 valence electrons. The molecule has 0 saturated heterocycles. The Bertz CT molecular complexity index is 726. The lowest BCUT2D eigenvalue weighted by Gasteiger charge is -2.10. The van der Waals surface area contributed by atoms with Crippen LogP contribution < -0.4 is 9.88 Å². The van der Waals surface area contributed by atoms with Gasteiger partial charge in [-0.25, -0.2) is 13.6 Å². The summed E-state index contributed by atoms with van der Waals surface area (Å²) in [6.45, 7) is -0.0773. The summed E-state index contributed by atoms with van der Waals surface area (Å²) in [5, 5.41) is 14.3. The van der Waals surface area contributed by atoms with Crippen LogP contribution in [0.25, 0.3) is 11.1 Å². The molecule has 2 aromatic carbocycles. The average Bonchev–Trinajstić information content (AvgIpc) is 2.45. The Labute approximate surface area is 117 Å². The molecule has 5 nitrogen and oxygen atoms in total. The molecule has 0 heterocycles. The fraction of sp³-hybridized carbons (Fsp3) is 0.143. The molecule has 0 aromatic heterocycles. The van der Waals surface area contributed by atoms with Crippen molar-refractivity contribution < 1.29 is 18.3 Å². The zero-order valence-electron chi connectivity index (χ0n) is 10.9. The summed E-state index contributed by atoms with van der Waals surface area (Å²) in [6, 6.07) is 12.0. The smallest absolute Gasteiger partial charge is 0.241 e. The van der Waals surface area contributed by atoms with Crippen LogP contribution in [0.5, 0.6) is 5.75 Å². The highest BCUT2D eigenvalue weighted by atomic mass is 32.2. The first-order chi connectivity index (χ1) is 9.45. The van der Waals surface area contributed by atoms with Crippen LogP contribution in [0.4, 0.5) is 0 Å². The third-order valence-electron chi connectivity index (χ3n) is 2.91. The number of methoxy groups -OCH3 is 1. The van der Waals surface area contributed by atoms with Crippen LogP contribution in [-0.2, 0) is 16.6 Å². The third kappa shape index (κ3) is 2.98. The molecule has 20 heavy (non-hydrogen) atoms. The summed E-state index contributed by atoms with van der Waals surface area (Å²) in [6.07, 6.45) is 0. The Morgan fingerprint density at radius 1 is 1.15 bits per heavy atom. The fourth-order valence-corrected chi connectivity index (χ4v) is 2.65. The largest absolute Gasteiger partial charge is 0.495 e. The highest BCUT2D eigenvalue weighted by Crippen LogP contribution is 2.29. The van der Waals surface area contributed by atoms with E-state index in [1.807, 2.05) is 6.07 Å². The number of primary sulfonamides is 1. The Morgan fingerprint density at radius 2 is 1.85 bits per heavy atom. The SMILES string of the molecule is COc1ccc(-c2cccc(CO)c2)cc1S(N)(=O)=O. The summed E-state index contributed by atoms with van der Waals surface area (Å²) in [7, 11) is -2.48. The van der Waals surface area contributed by atoms with Crippen LogP contribution in [0, 0.1) is 0 Å². The monoisotopic (exact) mass is 293 g/mol. The van der Waals surface area contributed by atoms with Crippen molar-refractivity contribution in [2.75, 3.05) is 7.11 Å². The van der Waals surface area contributed by atoms with Crippen LogP contribution in [0.2, 0.25) is 0 Å². The zero-order chi connectivity index (χ0) is 14.8. The van der Waals surface area contributed by atoms with Gasteiger partial charge in [0.2, 0.25) is 10.0 Å². The van der Waals surface area contributed by atoms with Gasteiger partial charge in [0.25, 0.3) is 0 Å². The Morgan fingerprint density at radius 3 is 2.45 bits per heavy atom. The molecule has 0 fully saturated rings. The summed E-state index contributed by atoms with van der Waals surface area (Å²) in [5.74, 6) is 0.203. The van der Waals surface area contributed by atoms with Gasteiger partial charge in [-0.05, 0) is 34.9 Å². The van der Waals surface area contributed by atoms with Gasteiger partial charge < -0.3 is 9.84 Å². The van der Waals surface area contributed by atoms with E-state index >= 15 is 0 Å². The molecule has 0 bridgehead atoms. The van der Waals surface area contributed by atoms with Gasteiger partial charge in [-0.1, -0.05) is 24.3 Å². The Balaban J connectivity index is 2.58. The molecule has 6 heteroatoms. The highest BCUT2D eigenvalue weighted by molar-refractivity contribution is 7.89. The first-order valence-electron chi connectivity index (χ1n) is 5.86. The van der Waals surface area contributed by atoms with Crippen LogP contribution >= 0.6 is 0 Å². The summed E-state index contributed by atoms with van der Waals surface area (Å²) in [4.78, 5) is -0.0631. The first kappa shape index (κ1) is 14.5. The van der Waals surface area contributed by atoms with Crippen LogP contribution in [0.15, 0.2) is 47.4 Å². The molecule has 3 N–H and O–H groups in total. The van der Waals surface area contributed by atoms with Crippen molar-refractivity contribution in [3.05, 3.63) is 48.0 Å².